The minimum atomic E-state index is 0.786. The minimum absolute atomic E-state index is 0.786. The molecule has 0 aromatic carbocycles. The molecule has 2 heteroatoms. The van der Waals surface area contributed by atoms with E-state index >= 15 is 0 Å². The summed E-state index contributed by atoms with van der Waals surface area (Å²) in [4.78, 5) is 0. The highest BCUT2D eigenvalue weighted by Crippen LogP contribution is 2.07. The molecule has 1 nitrogen and oxygen atoms in total. The van der Waals surface area contributed by atoms with Crippen LogP contribution in [0.2, 0.25) is 0 Å². The van der Waals surface area contributed by atoms with Crippen LogP contribution >= 0.6 is 11.8 Å². The first kappa shape index (κ1) is 14.3. The predicted octanol–water partition coefficient (Wildman–Crippen LogP) is 3.55. The molecule has 86 valence electrons. The van der Waals surface area contributed by atoms with E-state index < -0.39 is 0 Å². The quantitative estimate of drug-likeness (QED) is 0.562. The molecule has 0 aliphatic carbocycles. The molecule has 0 heterocycles. The topological polar surface area (TPSA) is 12.0 Å². The van der Waals surface area contributed by atoms with Crippen LogP contribution in [-0.2, 0) is 0 Å². The van der Waals surface area contributed by atoms with Crippen molar-refractivity contribution in [1.29, 1.82) is 0 Å². The van der Waals surface area contributed by atoms with E-state index in [2.05, 4.69) is 37.8 Å². The molecule has 0 aromatic rings. The van der Waals surface area contributed by atoms with Crippen molar-refractivity contribution >= 4 is 11.8 Å². The molecule has 0 amide bonds. The maximum Gasteiger partial charge on any atom is -0.00258 e. The SMILES string of the molecule is CCCCSCCCCNCC(C)C. The first-order chi connectivity index (χ1) is 6.77. The summed E-state index contributed by atoms with van der Waals surface area (Å²) in [5.41, 5.74) is 0. The second kappa shape index (κ2) is 11.4. The molecular formula is C12H27NS. The average molecular weight is 217 g/mol. The lowest BCUT2D eigenvalue weighted by atomic mass is 10.2. The van der Waals surface area contributed by atoms with Crippen molar-refractivity contribution in [3.05, 3.63) is 0 Å². The molecule has 0 spiro atoms. The number of hydrogen-bond donors (Lipinski definition) is 1. The Morgan fingerprint density at radius 3 is 2.43 bits per heavy atom. The number of thioether (sulfide) groups is 1. The molecule has 0 rings (SSSR count). The molecule has 0 bridgehead atoms. The fraction of sp³-hybridized carbons (Fsp3) is 1.00. The van der Waals surface area contributed by atoms with Crippen LogP contribution in [0.4, 0.5) is 0 Å². The van der Waals surface area contributed by atoms with Crippen molar-refractivity contribution in [3.63, 3.8) is 0 Å². The van der Waals surface area contributed by atoms with E-state index in [0.29, 0.717) is 0 Å². The van der Waals surface area contributed by atoms with Crippen molar-refractivity contribution in [2.24, 2.45) is 5.92 Å². The Balaban J connectivity index is 2.85. The summed E-state index contributed by atoms with van der Waals surface area (Å²) in [5, 5.41) is 3.48. The Kier molecular flexibility index (Phi) is 11.6. The summed E-state index contributed by atoms with van der Waals surface area (Å²) < 4.78 is 0. The molecule has 0 aliphatic heterocycles. The zero-order valence-corrected chi connectivity index (χ0v) is 11.0. The minimum Gasteiger partial charge on any atom is -0.316 e. The van der Waals surface area contributed by atoms with Crippen molar-refractivity contribution in [3.8, 4) is 0 Å². The van der Waals surface area contributed by atoms with Gasteiger partial charge in [-0.3, -0.25) is 0 Å². The van der Waals surface area contributed by atoms with Gasteiger partial charge >= 0.3 is 0 Å². The van der Waals surface area contributed by atoms with Crippen LogP contribution in [0.25, 0.3) is 0 Å². The molecule has 0 unspecified atom stereocenters. The first-order valence-electron chi connectivity index (χ1n) is 6.05. The van der Waals surface area contributed by atoms with Crippen molar-refractivity contribution < 1.29 is 0 Å². The van der Waals surface area contributed by atoms with Crippen LogP contribution in [0.5, 0.6) is 0 Å². The van der Waals surface area contributed by atoms with Crippen LogP contribution in [0, 0.1) is 5.92 Å². The second-order valence-electron chi connectivity index (χ2n) is 4.27. The lowest BCUT2D eigenvalue weighted by Gasteiger charge is -2.06. The normalized spacial score (nSPS) is 11.1. The highest BCUT2D eigenvalue weighted by molar-refractivity contribution is 7.99. The number of rotatable bonds is 10. The van der Waals surface area contributed by atoms with E-state index in [9.17, 15) is 0 Å². The molecule has 1 N–H and O–H groups in total. The van der Waals surface area contributed by atoms with Gasteiger partial charge in [0.2, 0.25) is 0 Å². The third-order valence-corrected chi connectivity index (χ3v) is 3.24. The largest absolute Gasteiger partial charge is 0.316 e. The molecule has 0 fully saturated rings. The molecule has 0 saturated heterocycles. The average Bonchev–Trinajstić information content (AvgIpc) is 2.15. The highest BCUT2D eigenvalue weighted by atomic mass is 32.2. The van der Waals surface area contributed by atoms with Crippen molar-refractivity contribution in [2.45, 2.75) is 46.5 Å². The molecule has 0 aliphatic rings. The summed E-state index contributed by atoms with van der Waals surface area (Å²) in [6.07, 6.45) is 5.44. The van der Waals surface area contributed by atoms with Gasteiger partial charge in [-0.2, -0.15) is 11.8 Å². The van der Waals surface area contributed by atoms with Crippen LogP contribution in [0.1, 0.15) is 46.5 Å². The number of unbranched alkanes of at least 4 members (excludes halogenated alkanes) is 2. The summed E-state index contributed by atoms with van der Waals surface area (Å²) in [7, 11) is 0. The Morgan fingerprint density at radius 1 is 1.07 bits per heavy atom. The molecular weight excluding hydrogens is 190 g/mol. The van der Waals surface area contributed by atoms with E-state index in [1.165, 1.54) is 50.3 Å². The van der Waals surface area contributed by atoms with E-state index in [-0.39, 0.29) is 0 Å². The van der Waals surface area contributed by atoms with Gasteiger partial charge in [0.25, 0.3) is 0 Å². The predicted molar refractivity (Wildman–Crippen MR) is 69.2 cm³/mol. The van der Waals surface area contributed by atoms with Gasteiger partial charge < -0.3 is 5.32 Å². The van der Waals surface area contributed by atoms with Gasteiger partial charge in [0.05, 0.1) is 0 Å². The van der Waals surface area contributed by atoms with Crippen LogP contribution < -0.4 is 5.32 Å². The third-order valence-electron chi connectivity index (χ3n) is 2.09. The summed E-state index contributed by atoms with van der Waals surface area (Å²) >= 11 is 2.11. The lowest BCUT2D eigenvalue weighted by molar-refractivity contribution is 0.541. The van der Waals surface area contributed by atoms with Gasteiger partial charge in [-0.05, 0) is 49.8 Å². The maximum absolute atomic E-state index is 3.48. The van der Waals surface area contributed by atoms with E-state index in [1.54, 1.807) is 0 Å². The molecule has 0 radical (unpaired) electrons. The summed E-state index contributed by atoms with van der Waals surface area (Å²) in [6, 6.07) is 0. The molecule has 14 heavy (non-hydrogen) atoms. The number of nitrogens with one attached hydrogen (secondary N) is 1. The van der Waals surface area contributed by atoms with Crippen molar-refractivity contribution in [2.75, 3.05) is 24.6 Å². The standard InChI is InChI=1S/C12H27NS/c1-4-5-9-14-10-7-6-8-13-11-12(2)3/h12-13H,4-11H2,1-3H3. The Bertz CT molecular complexity index is 104. The lowest BCUT2D eigenvalue weighted by Crippen LogP contribution is -2.20. The Labute approximate surface area is 94.4 Å². The zero-order chi connectivity index (χ0) is 10.6. The highest BCUT2D eigenvalue weighted by Gasteiger charge is 1.93. The van der Waals surface area contributed by atoms with E-state index in [0.717, 1.165) is 5.92 Å². The first-order valence-corrected chi connectivity index (χ1v) is 7.21. The molecule has 0 atom stereocenters. The van der Waals surface area contributed by atoms with Gasteiger partial charge in [0, 0.05) is 0 Å². The third kappa shape index (κ3) is 12.3. The molecule has 0 aromatic heterocycles. The fourth-order valence-corrected chi connectivity index (χ4v) is 2.30. The van der Waals surface area contributed by atoms with Gasteiger partial charge in [0.1, 0.15) is 0 Å². The summed E-state index contributed by atoms with van der Waals surface area (Å²) in [6.45, 7) is 9.15. The van der Waals surface area contributed by atoms with Crippen molar-refractivity contribution in [1.82, 2.24) is 5.32 Å². The maximum atomic E-state index is 3.48. The van der Waals surface area contributed by atoms with Gasteiger partial charge in [0.15, 0.2) is 0 Å². The second-order valence-corrected chi connectivity index (χ2v) is 5.50. The van der Waals surface area contributed by atoms with E-state index in [4.69, 9.17) is 0 Å². The van der Waals surface area contributed by atoms with Gasteiger partial charge in [-0.25, -0.2) is 0 Å². The van der Waals surface area contributed by atoms with Gasteiger partial charge in [-0.1, -0.05) is 27.2 Å². The van der Waals surface area contributed by atoms with Crippen LogP contribution in [-0.4, -0.2) is 24.6 Å². The van der Waals surface area contributed by atoms with E-state index in [1.807, 2.05) is 0 Å². The van der Waals surface area contributed by atoms with Crippen LogP contribution in [0.15, 0.2) is 0 Å². The summed E-state index contributed by atoms with van der Waals surface area (Å²) in [5.74, 6) is 3.49. The number of hydrogen-bond acceptors (Lipinski definition) is 2. The fourth-order valence-electron chi connectivity index (χ4n) is 1.19. The molecule has 0 saturated carbocycles. The monoisotopic (exact) mass is 217 g/mol. The Morgan fingerprint density at radius 2 is 1.79 bits per heavy atom. The smallest absolute Gasteiger partial charge is 0.00258 e. The van der Waals surface area contributed by atoms with Gasteiger partial charge in [-0.15, -0.1) is 0 Å². The zero-order valence-electron chi connectivity index (χ0n) is 10.1. The van der Waals surface area contributed by atoms with Crippen LogP contribution in [0.3, 0.4) is 0 Å². The Hall–Kier alpha value is 0.310.